The fourth-order valence-corrected chi connectivity index (χ4v) is 1.53. The van der Waals surface area contributed by atoms with Crippen LogP contribution in [0.4, 0.5) is 11.5 Å². The van der Waals surface area contributed by atoms with Crippen molar-refractivity contribution in [1.29, 1.82) is 0 Å². The first-order chi connectivity index (χ1) is 9.70. The first kappa shape index (κ1) is 13.5. The highest BCUT2D eigenvalue weighted by atomic mass is 16.6. The van der Waals surface area contributed by atoms with Gasteiger partial charge < -0.3 is 4.74 Å². The lowest BCUT2D eigenvalue weighted by molar-refractivity contribution is -0.384. The van der Waals surface area contributed by atoms with Crippen LogP contribution in [0.2, 0.25) is 0 Å². The number of hydrogen-bond acceptors (Lipinski definition) is 6. The molecule has 0 fully saturated rings. The van der Waals surface area contributed by atoms with E-state index in [0.29, 0.717) is 17.1 Å². The molecule has 0 aliphatic rings. The van der Waals surface area contributed by atoms with Gasteiger partial charge in [-0.3, -0.25) is 15.5 Å². The predicted molar refractivity (Wildman–Crippen MR) is 75.1 cm³/mol. The molecule has 7 heteroatoms. The molecule has 1 aromatic heterocycles. The van der Waals surface area contributed by atoms with Crippen LogP contribution >= 0.6 is 0 Å². The van der Waals surface area contributed by atoms with Gasteiger partial charge in [-0.05, 0) is 18.2 Å². The number of anilines is 1. The maximum Gasteiger partial charge on any atom is 0.270 e. The molecule has 0 atom stereocenters. The minimum Gasteiger partial charge on any atom is -0.496 e. The molecule has 102 valence electrons. The van der Waals surface area contributed by atoms with Crippen LogP contribution in [0.5, 0.6) is 5.75 Å². The Morgan fingerprint density at radius 3 is 2.90 bits per heavy atom. The highest BCUT2D eigenvalue weighted by molar-refractivity contribution is 5.85. The van der Waals surface area contributed by atoms with Gasteiger partial charge in [-0.2, -0.15) is 5.10 Å². The number of methoxy groups -OCH3 is 1. The van der Waals surface area contributed by atoms with Crippen molar-refractivity contribution in [2.45, 2.75) is 0 Å². The highest BCUT2D eigenvalue weighted by Gasteiger charge is 2.09. The van der Waals surface area contributed by atoms with Gasteiger partial charge in [-0.25, -0.2) is 4.98 Å². The lowest BCUT2D eigenvalue weighted by Crippen LogP contribution is -1.97. The number of nitrogens with zero attached hydrogens (tertiary/aromatic N) is 3. The van der Waals surface area contributed by atoms with E-state index >= 15 is 0 Å². The van der Waals surface area contributed by atoms with E-state index in [-0.39, 0.29) is 5.69 Å². The number of ether oxygens (including phenoxy) is 1. The number of benzene rings is 1. The summed E-state index contributed by atoms with van der Waals surface area (Å²) < 4.78 is 5.13. The zero-order chi connectivity index (χ0) is 14.4. The zero-order valence-electron chi connectivity index (χ0n) is 10.7. The minimum atomic E-state index is -0.469. The molecule has 7 nitrogen and oxygen atoms in total. The van der Waals surface area contributed by atoms with E-state index in [1.807, 2.05) is 6.07 Å². The summed E-state index contributed by atoms with van der Waals surface area (Å²) in [6.45, 7) is 0. The molecule has 0 amide bonds. The van der Waals surface area contributed by atoms with Crippen molar-refractivity contribution in [2.75, 3.05) is 12.5 Å². The molecule has 0 radical (unpaired) electrons. The van der Waals surface area contributed by atoms with Crippen LogP contribution < -0.4 is 10.2 Å². The van der Waals surface area contributed by atoms with Crippen molar-refractivity contribution >= 4 is 17.7 Å². The van der Waals surface area contributed by atoms with Crippen molar-refractivity contribution in [3.63, 3.8) is 0 Å². The average molecular weight is 272 g/mol. The standard InChI is InChI=1S/C13H12N4O3/c1-20-12-6-5-11(17(18)19)8-10(12)9-15-16-13-4-2-3-7-14-13/h2-9H,1H3,(H,14,16). The Morgan fingerprint density at radius 2 is 2.25 bits per heavy atom. The second kappa shape index (κ2) is 6.28. The summed E-state index contributed by atoms with van der Waals surface area (Å²) >= 11 is 0. The second-order valence-corrected chi connectivity index (χ2v) is 3.77. The molecular formula is C13H12N4O3. The van der Waals surface area contributed by atoms with Crippen LogP contribution in [0.25, 0.3) is 0 Å². The van der Waals surface area contributed by atoms with Gasteiger partial charge >= 0.3 is 0 Å². The summed E-state index contributed by atoms with van der Waals surface area (Å²) in [6.07, 6.45) is 3.08. The van der Waals surface area contributed by atoms with Crippen LogP contribution in [0.3, 0.4) is 0 Å². The van der Waals surface area contributed by atoms with Gasteiger partial charge in [-0.1, -0.05) is 6.07 Å². The Bertz CT molecular complexity index is 629. The minimum absolute atomic E-state index is 0.0231. The number of non-ortho nitro benzene ring substituents is 1. The Hall–Kier alpha value is -2.96. The van der Waals surface area contributed by atoms with Crippen LogP contribution in [-0.4, -0.2) is 23.2 Å². The van der Waals surface area contributed by atoms with E-state index in [2.05, 4.69) is 15.5 Å². The molecule has 20 heavy (non-hydrogen) atoms. The maximum atomic E-state index is 10.7. The topological polar surface area (TPSA) is 89.7 Å². The average Bonchev–Trinajstić information content (AvgIpc) is 2.48. The number of nitro benzene ring substituents is 1. The molecule has 0 spiro atoms. The number of nitro groups is 1. The fraction of sp³-hybridized carbons (Fsp3) is 0.0769. The van der Waals surface area contributed by atoms with Crippen molar-refractivity contribution in [2.24, 2.45) is 5.10 Å². The third kappa shape index (κ3) is 3.29. The third-order valence-electron chi connectivity index (χ3n) is 2.47. The van der Waals surface area contributed by atoms with E-state index in [4.69, 9.17) is 4.74 Å². The van der Waals surface area contributed by atoms with Gasteiger partial charge in [0.25, 0.3) is 5.69 Å². The lowest BCUT2D eigenvalue weighted by Gasteiger charge is -2.04. The molecule has 0 aliphatic heterocycles. The molecule has 0 saturated carbocycles. The second-order valence-electron chi connectivity index (χ2n) is 3.77. The number of pyridine rings is 1. The normalized spacial score (nSPS) is 10.4. The number of hydrogen-bond donors (Lipinski definition) is 1. The first-order valence-electron chi connectivity index (χ1n) is 5.73. The van der Waals surface area contributed by atoms with Gasteiger partial charge in [0.15, 0.2) is 0 Å². The van der Waals surface area contributed by atoms with Crippen molar-refractivity contribution in [3.05, 3.63) is 58.3 Å². The lowest BCUT2D eigenvalue weighted by atomic mass is 10.2. The molecule has 1 N–H and O–H groups in total. The Balaban J connectivity index is 2.18. The summed E-state index contributed by atoms with van der Waals surface area (Å²) in [7, 11) is 1.49. The van der Waals surface area contributed by atoms with Crippen LogP contribution in [0, 0.1) is 10.1 Å². The first-order valence-corrected chi connectivity index (χ1v) is 5.73. The van der Waals surface area contributed by atoms with Crippen LogP contribution in [-0.2, 0) is 0 Å². The van der Waals surface area contributed by atoms with Crippen molar-refractivity contribution in [1.82, 2.24) is 4.98 Å². The third-order valence-corrected chi connectivity index (χ3v) is 2.47. The largest absolute Gasteiger partial charge is 0.496 e. The van der Waals surface area contributed by atoms with Crippen LogP contribution in [0.1, 0.15) is 5.56 Å². The number of aromatic nitrogens is 1. The summed E-state index contributed by atoms with van der Waals surface area (Å²) in [4.78, 5) is 14.3. The monoisotopic (exact) mass is 272 g/mol. The van der Waals surface area contributed by atoms with Gasteiger partial charge in [0.1, 0.15) is 11.6 Å². The quantitative estimate of drug-likeness (QED) is 0.513. The van der Waals surface area contributed by atoms with Gasteiger partial charge in [0.05, 0.1) is 18.2 Å². The molecule has 0 aliphatic carbocycles. The molecule has 2 aromatic rings. The molecule has 0 saturated heterocycles. The van der Waals surface area contributed by atoms with E-state index < -0.39 is 4.92 Å². The maximum absolute atomic E-state index is 10.7. The zero-order valence-corrected chi connectivity index (χ0v) is 10.7. The van der Waals surface area contributed by atoms with E-state index in [0.717, 1.165) is 0 Å². The Morgan fingerprint density at radius 1 is 1.40 bits per heavy atom. The number of hydrazone groups is 1. The Kier molecular flexibility index (Phi) is 4.23. The fourth-order valence-electron chi connectivity index (χ4n) is 1.53. The van der Waals surface area contributed by atoms with Gasteiger partial charge in [0.2, 0.25) is 0 Å². The summed E-state index contributed by atoms with van der Waals surface area (Å²) in [6, 6.07) is 9.66. The SMILES string of the molecule is COc1ccc([N+](=O)[O-])cc1C=NNc1ccccn1. The number of nitrogens with one attached hydrogen (secondary N) is 1. The van der Waals surface area contributed by atoms with E-state index in [1.54, 1.807) is 18.3 Å². The van der Waals surface area contributed by atoms with Gasteiger partial charge in [-0.15, -0.1) is 0 Å². The van der Waals surface area contributed by atoms with Gasteiger partial charge in [0, 0.05) is 23.9 Å². The van der Waals surface area contributed by atoms with E-state index in [9.17, 15) is 10.1 Å². The summed E-state index contributed by atoms with van der Waals surface area (Å²) in [5.74, 6) is 1.08. The molecular weight excluding hydrogens is 260 g/mol. The molecule has 1 heterocycles. The van der Waals surface area contributed by atoms with Crippen molar-refractivity contribution in [3.8, 4) is 5.75 Å². The Labute approximate surface area is 115 Å². The molecule has 0 bridgehead atoms. The van der Waals surface area contributed by atoms with Crippen molar-refractivity contribution < 1.29 is 9.66 Å². The van der Waals surface area contributed by atoms with Crippen LogP contribution in [0.15, 0.2) is 47.7 Å². The number of rotatable bonds is 5. The molecule has 2 rings (SSSR count). The highest BCUT2D eigenvalue weighted by Crippen LogP contribution is 2.22. The van der Waals surface area contributed by atoms with E-state index in [1.165, 1.54) is 31.5 Å². The predicted octanol–water partition coefficient (Wildman–Crippen LogP) is 2.44. The smallest absolute Gasteiger partial charge is 0.270 e. The summed E-state index contributed by atoms with van der Waals surface area (Å²) in [5.41, 5.74) is 3.21. The molecule has 0 unspecified atom stereocenters. The molecule has 1 aromatic carbocycles. The summed E-state index contributed by atoms with van der Waals surface area (Å²) in [5, 5.41) is 14.7.